The van der Waals surface area contributed by atoms with Crippen LogP contribution in [0.5, 0.6) is 0 Å². The van der Waals surface area contributed by atoms with Gasteiger partial charge in [0.1, 0.15) is 0 Å². The van der Waals surface area contributed by atoms with Crippen LogP contribution >= 0.6 is 0 Å². The van der Waals surface area contributed by atoms with Gasteiger partial charge in [-0.3, -0.25) is 9.52 Å². The summed E-state index contributed by atoms with van der Waals surface area (Å²) in [7, 11) is -7.24. The number of carbonyl (C=O) groups excluding carboxylic acids is 1. The summed E-state index contributed by atoms with van der Waals surface area (Å²) >= 11 is 0. The molecule has 0 aliphatic carbocycles. The Kier molecular flexibility index (Phi) is 5.49. The lowest BCUT2D eigenvalue weighted by Gasteiger charge is -2.09. The Bertz CT molecular complexity index is 1250. The van der Waals surface area contributed by atoms with Crippen LogP contribution < -0.4 is 4.72 Å². The second kappa shape index (κ2) is 7.72. The standard InChI is InChI=1S/C19H17N3O5S2/c1-13(23)14-5-9-17(10-6-14)29(26,27)22-16-7-3-15(4-8-16)18-11-12-19(21-20-18)28(2,24)25/h3-12,22H,1-2H3. The molecule has 3 aromatic rings. The predicted molar refractivity (Wildman–Crippen MR) is 108 cm³/mol. The molecular formula is C19H17N3O5S2. The fourth-order valence-corrected chi connectivity index (χ4v) is 4.03. The van der Waals surface area contributed by atoms with E-state index in [1.165, 1.54) is 43.3 Å². The molecule has 3 rings (SSSR count). The van der Waals surface area contributed by atoms with Gasteiger partial charge in [-0.05, 0) is 43.3 Å². The number of ketones is 1. The van der Waals surface area contributed by atoms with Crippen LogP contribution in [0, 0.1) is 0 Å². The maximum absolute atomic E-state index is 12.5. The van der Waals surface area contributed by atoms with Gasteiger partial charge in [0.05, 0.1) is 10.6 Å². The van der Waals surface area contributed by atoms with Crippen molar-refractivity contribution >= 4 is 31.3 Å². The molecule has 8 nitrogen and oxygen atoms in total. The lowest BCUT2D eigenvalue weighted by atomic mass is 10.1. The number of aromatic nitrogens is 2. The summed E-state index contributed by atoms with van der Waals surface area (Å²) in [6.07, 6.45) is 1.05. The zero-order valence-corrected chi connectivity index (χ0v) is 17.2. The Labute approximate surface area is 168 Å². The first-order valence-electron chi connectivity index (χ1n) is 8.34. The van der Waals surface area contributed by atoms with Gasteiger partial charge in [0, 0.05) is 23.1 Å². The number of anilines is 1. The number of sulfone groups is 1. The molecule has 0 aliphatic heterocycles. The van der Waals surface area contributed by atoms with Gasteiger partial charge in [0.15, 0.2) is 20.6 Å². The second-order valence-electron chi connectivity index (χ2n) is 6.29. The molecule has 1 N–H and O–H groups in total. The third-order valence-electron chi connectivity index (χ3n) is 4.02. The van der Waals surface area contributed by atoms with Crippen LogP contribution in [0.2, 0.25) is 0 Å². The van der Waals surface area contributed by atoms with Gasteiger partial charge in [0.2, 0.25) is 0 Å². The average Bonchev–Trinajstić information content (AvgIpc) is 2.68. The van der Waals surface area contributed by atoms with Crippen molar-refractivity contribution in [2.75, 3.05) is 11.0 Å². The monoisotopic (exact) mass is 431 g/mol. The zero-order chi connectivity index (χ0) is 21.2. The van der Waals surface area contributed by atoms with Crippen molar-refractivity contribution < 1.29 is 21.6 Å². The second-order valence-corrected chi connectivity index (χ2v) is 9.94. The number of nitrogens with zero attached hydrogens (tertiary/aromatic N) is 2. The van der Waals surface area contributed by atoms with Crippen LogP contribution in [0.3, 0.4) is 0 Å². The number of hydrogen-bond acceptors (Lipinski definition) is 7. The van der Waals surface area contributed by atoms with Gasteiger partial charge in [0.25, 0.3) is 10.0 Å². The highest BCUT2D eigenvalue weighted by Gasteiger charge is 2.15. The molecule has 2 aromatic carbocycles. The summed E-state index contributed by atoms with van der Waals surface area (Å²) in [5.41, 5.74) is 1.86. The molecule has 0 bridgehead atoms. The molecule has 29 heavy (non-hydrogen) atoms. The van der Waals surface area contributed by atoms with Crippen molar-refractivity contribution in [3.05, 3.63) is 66.2 Å². The van der Waals surface area contributed by atoms with Gasteiger partial charge in [-0.1, -0.05) is 24.3 Å². The first-order chi connectivity index (χ1) is 13.6. The number of nitrogens with one attached hydrogen (secondary N) is 1. The highest BCUT2D eigenvalue weighted by molar-refractivity contribution is 7.92. The Morgan fingerprint density at radius 1 is 0.828 bits per heavy atom. The number of hydrogen-bond donors (Lipinski definition) is 1. The molecule has 0 atom stereocenters. The molecule has 0 unspecified atom stereocenters. The topological polar surface area (TPSA) is 123 Å². The molecule has 0 radical (unpaired) electrons. The quantitative estimate of drug-likeness (QED) is 0.595. The molecule has 0 saturated heterocycles. The number of benzene rings is 2. The third kappa shape index (κ3) is 4.84. The summed E-state index contributed by atoms with van der Waals surface area (Å²) in [5, 5.41) is 7.46. The fourth-order valence-electron chi connectivity index (χ4n) is 2.46. The normalized spacial score (nSPS) is 11.8. The maximum atomic E-state index is 12.5. The van der Waals surface area contributed by atoms with Gasteiger partial charge >= 0.3 is 0 Å². The van der Waals surface area contributed by atoms with Crippen LogP contribution in [-0.4, -0.2) is 39.1 Å². The number of sulfonamides is 1. The van der Waals surface area contributed by atoms with E-state index in [-0.39, 0.29) is 15.7 Å². The lowest BCUT2D eigenvalue weighted by Crippen LogP contribution is -2.13. The van der Waals surface area contributed by atoms with Crippen LogP contribution in [0.25, 0.3) is 11.3 Å². The molecule has 1 aromatic heterocycles. The minimum Gasteiger partial charge on any atom is -0.295 e. The molecule has 0 amide bonds. The Morgan fingerprint density at radius 2 is 1.45 bits per heavy atom. The number of rotatable bonds is 6. The molecule has 1 heterocycles. The molecule has 150 valence electrons. The van der Waals surface area contributed by atoms with Crippen molar-refractivity contribution in [1.29, 1.82) is 0 Å². The van der Waals surface area contributed by atoms with Gasteiger partial charge < -0.3 is 0 Å². The molecule has 0 spiro atoms. The van der Waals surface area contributed by atoms with E-state index in [9.17, 15) is 21.6 Å². The Balaban J connectivity index is 1.78. The van der Waals surface area contributed by atoms with Crippen LogP contribution in [-0.2, 0) is 19.9 Å². The zero-order valence-electron chi connectivity index (χ0n) is 15.5. The SMILES string of the molecule is CC(=O)c1ccc(S(=O)(=O)Nc2ccc(-c3ccc(S(C)(=O)=O)nn3)cc2)cc1. The van der Waals surface area contributed by atoms with E-state index in [0.717, 1.165) is 6.26 Å². The molecule has 0 fully saturated rings. The van der Waals surface area contributed by atoms with Gasteiger partial charge in [-0.2, -0.15) is 0 Å². The first-order valence-corrected chi connectivity index (χ1v) is 11.7. The number of carbonyl (C=O) groups is 1. The molecule has 0 saturated carbocycles. The summed E-state index contributed by atoms with van der Waals surface area (Å²) in [6, 6.07) is 14.9. The third-order valence-corrected chi connectivity index (χ3v) is 6.40. The predicted octanol–water partition coefficient (Wildman–Crippen LogP) is 2.55. The van der Waals surface area contributed by atoms with E-state index in [4.69, 9.17) is 0 Å². The molecular weight excluding hydrogens is 414 g/mol. The van der Waals surface area contributed by atoms with E-state index >= 15 is 0 Å². The molecule has 10 heteroatoms. The highest BCUT2D eigenvalue weighted by Crippen LogP contribution is 2.22. The van der Waals surface area contributed by atoms with Crippen LogP contribution in [0.1, 0.15) is 17.3 Å². The van der Waals surface area contributed by atoms with Crippen LogP contribution in [0.15, 0.2) is 70.6 Å². The summed E-state index contributed by atoms with van der Waals surface area (Å²) in [6.45, 7) is 1.41. The van der Waals surface area contributed by atoms with E-state index in [2.05, 4.69) is 14.9 Å². The maximum Gasteiger partial charge on any atom is 0.261 e. The van der Waals surface area contributed by atoms with E-state index in [1.807, 2.05) is 0 Å². The Morgan fingerprint density at radius 3 is 1.93 bits per heavy atom. The molecule has 0 aliphatic rings. The average molecular weight is 431 g/mol. The smallest absolute Gasteiger partial charge is 0.261 e. The summed E-state index contributed by atoms with van der Waals surface area (Å²) < 4.78 is 50.3. The van der Waals surface area contributed by atoms with Crippen molar-refractivity contribution in [3.63, 3.8) is 0 Å². The fraction of sp³-hybridized carbons (Fsp3) is 0.105. The van der Waals surface area contributed by atoms with E-state index in [0.29, 0.717) is 22.5 Å². The van der Waals surface area contributed by atoms with E-state index in [1.54, 1.807) is 24.3 Å². The van der Waals surface area contributed by atoms with Gasteiger partial charge in [-0.15, -0.1) is 10.2 Å². The Hall–Kier alpha value is -3.11. The van der Waals surface area contributed by atoms with E-state index < -0.39 is 19.9 Å². The van der Waals surface area contributed by atoms with Crippen molar-refractivity contribution in [2.45, 2.75) is 16.8 Å². The van der Waals surface area contributed by atoms with Gasteiger partial charge in [-0.25, -0.2) is 16.8 Å². The largest absolute Gasteiger partial charge is 0.295 e. The van der Waals surface area contributed by atoms with Crippen molar-refractivity contribution in [3.8, 4) is 11.3 Å². The lowest BCUT2D eigenvalue weighted by molar-refractivity contribution is 0.101. The summed E-state index contributed by atoms with van der Waals surface area (Å²) in [5.74, 6) is -0.148. The van der Waals surface area contributed by atoms with Crippen LogP contribution in [0.4, 0.5) is 5.69 Å². The first kappa shape index (κ1) is 20.6. The summed E-state index contributed by atoms with van der Waals surface area (Å²) in [4.78, 5) is 11.3. The highest BCUT2D eigenvalue weighted by atomic mass is 32.2. The van der Waals surface area contributed by atoms with Crippen molar-refractivity contribution in [1.82, 2.24) is 10.2 Å². The van der Waals surface area contributed by atoms with Crippen molar-refractivity contribution in [2.24, 2.45) is 0 Å². The minimum absolute atomic E-state index is 0.0359. The number of Topliss-reactive ketones (excluding diaryl/α,β-unsaturated/α-hetero) is 1. The minimum atomic E-state index is -3.81.